The summed E-state index contributed by atoms with van der Waals surface area (Å²) in [6.45, 7) is 2.23. The third kappa shape index (κ3) is 4.84. The van der Waals surface area contributed by atoms with E-state index in [9.17, 15) is 23.5 Å². The first kappa shape index (κ1) is 24.7. The fourth-order valence-corrected chi connectivity index (χ4v) is 6.19. The summed E-state index contributed by atoms with van der Waals surface area (Å²) in [5.74, 6) is -4.80. The molecule has 2 N–H and O–H groups in total. The molecule has 2 aromatic rings. The number of carbonyl (C=O) groups excluding carboxylic acids is 2. The highest BCUT2D eigenvalue weighted by Gasteiger charge is 2.56. The summed E-state index contributed by atoms with van der Waals surface area (Å²) in [6.07, 6.45) is 4.60. The molecule has 8 nitrogen and oxygen atoms in total. The third-order valence-corrected chi connectivity index (χ3v) is 8.14. The summed E-state index contributed by atoms with van der Waals surface area (Å²) in [4.78, 5) is 34.1. The summed E-state index contributed by atoms with van der Waals surface area (Å²) in [5, 5.41) is 14.5. The van der Waals surface area contributed by atoms with Gasteiger partial charge in [-0.1, -0.05) is 30.3 Å². The third-order valence-electron chi connectivity index (χ3n) is 8.14. The Balaban J connectivity index is 1.31. The standard InChI is InChI=1S/C26H30F2N4O4/c27-25(28)9-6-20(12-25)26(35,19-4-2-1-3-5-19)24(34)36-22-15-32(10-7-18(22)8-11-32)16-23(33)31-21-13-29-17-30-14-21/h1-5,13-14,17-18,20,22,35H,6-12,15-16H2/p+1/t18?,20?,22?,26-,32?/m0/s1. The summed E-state index contributed by atoms with van der Waals surface area (Å²) in [6, 6.07) is 8.25. The zero-order chi connectivity index (χ0) is 25.4. The maximum atomic E-state index is 14.1. The van der Waals surface area contributed by atoms with Gasteiger partial charge >= 0.3 is 5.97 Å². The Morgan fingerprint density at radius 2 is 1.83 bits per heavy atom. The molecule has 0 radical (unpaired) electrons. The van der Waals surface area contributed by atoms with Crippen LogP contribution < -0.4 is 5.32 Å². The number of nitrogens with one attached hydrogen (secondary N) is 1. The van der Waals surface area contributed by atoms with Crippen LogP contribution in [-0.4, -0.2) is 69.6 Å². The van der Waals surface area contributed by atoms with Crippen LogP contribution in [0.4, 0.5) is 14.5 Å². The van der Waals surface area contributed by atoms with E-state index in [0.29, 0.717) is 16.7 Å². The lowest BCUT2D eigenvalue weighted by atomic mass is 9.79. The van der Waals surface area contributed by atoms with Crippen LogP contribution >= 0.6 is 0 Å². The van der Waals surface area contributed by atoms with Crippen molar-refractivity contribution < 1.29 is 32.7 Å². The van der Waals surface area contributed by atoms with E-state index < -0.39 is 35.9 Å². The van der Waals surface area contributed by atoms with Crippen LogP contribution in [0.15, 0.2) is 49.1 Å². The van der Waals surface area contributed by atoms with E-state index in [2.05, 4.69) is 15.3 Å². The summed E-state index contributed by atoms with van der Waals surface area (Å²) < 4.78 is 34.6. The molecule has 4 fully saturated rings. The average molecular weight is 502 g/mol. The molecule has 3 saturated heterocycles. The van der Waals surface area contributed by atoms with E-state index in [0.717, 1.165) is 25.9 Å². The number of hydrogen-bond donors (Lipinski definition) is 2. The van der Waals surface area contributed by atoms with Crippen LogP contribution in [-0.2, 0) is 19.9 Å². The largest absolute Gasteiger partial charge is 0.454 e. The van der Waals surface area contributed by atoms with Crippen molar-refractivity contribution in [1.82, 2.24) is 9.97 Å². The molecule has 2 unspecified atom stereocenters. The second-order valence-electron chi connectivity index (χ2n) is 10.5. The van der Waals surface area contributed by atoms with Crippen LogP contribution in [0.25, 0.3) is 0 Å². The monoisotopic (exact) mass is 501 g/mol. The van der Waals surface area contributed by atoms with Gasteiger partial charge in [0.2, 0.25) is 5.92 Å². The number of nitrogens with zero attached hydrogens (tertiary/aromatic N) is 3. The Labute approximate surface area is 208 Å². The van der Waals surface area contributed by atoms with Gasteiger partial charge in [-0.2, -0.15) is 0 Å². The van der Waals surface area contributed by atoms with Gasteiger partial charge in [0.25, 0.3) is 5.91 Å². The lowest BCUT2D eigenvalue weighted by Gasteiger charge is -2.52. The molecule has 1 saturated carbocycles. The molecule has 1 aliphatic carbocycles. The van der Waals surface area contributed by atoms with E-state index in [1.165, 1.54) is 18.7 Å². The predicted octanol–water partition coefficient (Wildman–Crippen LogP) is 2.89. The van der Waals surface area contributed by atoms with Gasteiger partial charge in [0.1, 0.15) is 12.9 Å². The van der Waals surface area contributed by atoms with Crippen molar-refractivity contribution in [1.29, 1.82) is 0 Å². The first-order chi connectivity index (χ1) is 17.2. The maximum absolute atomic E-state index is 14.1. The predicted molar refractivity (Wildman–Crippen MR) is 126 cm³/mol. The van der Waals surface area contributed by atoms with Crippen molar-refractivity contribution in [3.8, 4) is 0 Å². The van der Waals surface area contributed by atoms with Crippen molar-refractivity contribution in [2.45, 2.75) is 49.7 Å². The maximum Gasteiger partial charge on any atom is 0.343 e. The molecule has 1 amide bonds. The van der Waals surface area contributed by atoms with Crippen LogP contribution in [0.3, 0.4) is 0 Å². The molecule has 36 heavy (non-hydrogen) atoms. The minimum atomic E-state index is -2.92. The summed E-state index contributed by atoms with van der Waals surface area (Å²) >= 11 is 0. The Hall–Kier alpha value is -2.98. The van der Waals surface area contributed by atoms with Crippen molar-refractivity contribution >= 4 is 17.6 Å². The number of amides is 1. The van der Waals surface area contributed by atoms with Gasteiger partial charge in [0.05, 0.1) is 31.2 Å². The van der Waals surface area contributed by atoms with E-state index in [4.69, 9.17) is 4.74 Å². The average Bonchev–Trinajstić information content (AvgIpc) is 3.25. The van der Waals surface area contributed by atoms with Gasteiger partial charge in [-0.05, 0) is 12.0 Å². The minimum absolute atomic E-state index is 0.0327. The lowest BCUT2D eigenvalue weighted by Crippen LogP contribution is -2.66. The molecular weight excluding hydrogens is 470 g/mol. The van der Waals surface area contributed by atoms with Gasteiger partial charge in [-0.15, -0.1) is 0 Å². The first-order valence-corrected chi connectivity index (χ1v) is 12.5. The van der Waals surface area contributed by atoms with Gasteiger partial charge < -0.3 is 19.6 Å². The second-order valence-corrected chi connectivity index (χ2v) is 10.5. The zero-order valence-corrected chi connectivity index (χ0v) is 20.0. The van der Waals surface area contributed by atoms with E-state index in [1.54, 1.807) is 30.3 Å². The van der Waals surface area contributed by atoms with Crippen molar-refractivity contribution in [3.05, 3.63) is 54.6 Å². The highest BCUT2D eigenvalue weighted by Crippen LogP contribution is 2.48. The van der Waals surface area contributed by atoms with Crippen LogP contribution in [0, 0.1) is 11.8 Å². The molecule has 1 aromatic heterocycles. The number of aromatic nitrogens is 2. The normalized spacial score (nSPS) is 30.4. The highest BCUT2D eigenvalue weighted by atomic mass is 19.3. The summed E-state index contributed by atoms with van der Waals surface area (Å²) in [7, 11) is 0. The van der Waals surface area contributed by atoms with Crippen molar-refractivity contribution in [3.63, 3.8) is 0 Å². The fraction of sp³-hybridized carbons (Fsp3) is 0.538. The molecule has 2 bridgehead atoms. The topological polar surface area (TPSA) is 101 Å². The number of alkyl halides is 2. The minimum Gasteiger partial charge on any atom is -0.454 e. The molecule has 3 atom stereocenters. The molecule has 3 aliphatic heterocycles. The number of esters is 1. The quantitative estimate of drug-likeness (QED) is 0.447. The number of piperidine rings is 3. The lowest BCUT2D eigenvalue weighted by molar-refractivity contribution is -0.939. The number of hydrogen-bond acceptors (Lipinski definition) is 6. The Morgan fingerprint density at radius 3 is 2.47 bits per heavy atom. The highest BCUT2D eigenvalue weighted by molar-refractivity contribution is 5.91. The van der Waals surface area contributed by atoms with E-state index in [1.807, 2.05) is 0 Å². The second kappa shape index (κ2) is 9.48. The summed E-state index contributed by atoms with van der Waals surface area (Å²) in [5.41, 5.74) is -1.37. The number of anilines is 1. The number of rotatable bonds is 7. The number of quaternary nitrogens is 1. The molecule has 4 heterocycles. The Morgan fingerprint density at radius 1 is 1.14 bits per heavy atom. The van der Waals surface area contributed by atoms with Crippen LogP contribution in [0.2, 0.25) is 0 Å². The number of carbonyl (C=O) groups is 2. The number of ether oxygens (including phenoxy) is 1. The van der Waals surface area contributed by atoms with Gasteiger partial charge in [0, 0.05) is 37.5 Å². The first-order valence-electron chi connectivity index (χ1n) is 12.5. The smallest absolute Gasteiger partial charge is 0.343 e. The fourth-order valence-electron chi connectivity index (χ4n) is 6.19. The van der Waals surface area contributed by atoms with Gasteiger partial charge in [-0.3, -0.25) is 4.79 Å². The van der Waals surface area contributed by atoms with E-state index >= 15 is 0 Å². The molecule has 10 heteroatoms. The Kier molecular flexibility index (Phi) is 6.50. The number of benzene rings is 1. The molecule has 1 aromatic carbocycles. The SMILES string of the molecule is O=C(C[N+]12CCC(CC1)C(OC(=O)[C@](O)(c1ccccc1)C1CCC(F)(F)C1)C2)Nc1cncnc1. The van der Waals surface area contributed by atoms with Crippen LogP contribution in [0.5, 0.6) is 0 Å². The zero-order valence-electron chi connectivity index (χ0n) is 20.0. The van der Waals surface area contributed by atoms with Crippen molar-refractivity contribution in [2.75, 3.05) is 31.5 Å². The molecule has 6 rings (SSSR count). The molecule has 4 aliphatic rings. The van der Waals surface area contributed by atoms with Gasteiger partial charge in [-0.25, -0.2) is 23.5 Å². The number of aliphatic hydroxyl groups is 1. The molecule has 192 valence electrons. The number of fused-ring (bicyclic) bond motifs is 3. The number of halogens is 2. The van der Waals surface area contributed by atoms with E-state index in [-0.39, 0.29) is 36.8 Å². The molecule has 0 spiro atoms. The molecular formula is C26H31F2N4O4+. The van der Waals surface area contributed by atoms with Crippen LogP contribution in [0.1, 0.15) is 37.7 Å². The van der Waals surface area contributed by atoms with Crippen molar-refractivity contribution in [2.24, 2.45) is 11.8 Å². The van der Waals surface area contributed by atoms with Gasteiger partial charge in [0.15, 0.2) is 18.2 Å². The Bertz CT molecular complexity index is 1100.